The molecule has 0 heterocycles. The second-order valence-electron chi connectivity index (χ2n) is 4.39. The molecule has 0 fully saturated rings. The summed E-state index contributed by atoms with van der Waals surface area (Å²) in [6, 6.07) is 4.17. The van der Waals surface area contributed by atoms with E-state index < -0.39 is 21.9 Å². The maximum atomic E-state index is 12.4. The highest BCUT2D eigenvalue weighted by Crippen LogP contribution is 2.31. The molecule has 0 aromatic heterocycles. The van der Waals surface area contributed by atoms with Crippen molar-refractivity contribution in [2.45, 2.75) is 11.8 Å². The molecule has 0 aliphatic rings. The summed E-state index contributed by atoms with van der Waals surface area (Å²) in [5, 5.41) is 17.7. The van der Waals surface area contributed by atoms with Crippen LogP contribution in [0.15, 0.2) is 21.5 Å². The first kappa shape index (κ1) is 17.9. The predicted octanol–water partition coefficient (Wildman–Crippen LogP) is 2.58. The van der Waals surface area contributed by atoms with Crippen LogP contribution in [0, 0.1) is 17.2 Å². The van der Waals surface area contributed by atoms with E-state index in [0.29, 0.717) is 0 Å². The number of halogens is 2. The third-order valence-corrected chi connectivity index (χ3v) is 5.75. The maximum Gasteiger partial charge on any atom is 0.337 e. The van der Waals surface area contributed by atoms with Crippen molar-refractivity contribution < 1.29 is 18.3 Å². The fraction of sp³-hybridized carbons (Fsp3) is 0.333. The molecule has 21 heavy (non-hydrogen) atoms. The van der Waals surface area contributed by atoms with Crippen molar-refractivity contribution in [2.75, 3.05) is 13.6 Å². The molecule has 114 valence electrons. The molecule has 0 saturated heterocycles. The van der Waals surface area contributed by atoms with Crippen molar-refractivity contribution >= 4 is 43.5 Å². The Morgan fingerprint density at radius 3 is 2.62 bits per heavy atom. The first-order chi connectivity index (χ1) is 9.61. The number of sulfonamides is 1. The normalized spacial score (nSPS) is 13.0. The monoisotopic (exact) mass is 394 g/mol. The molecule has 0 bridgehead atoms. The number of hydrogen-bond acceptors (Lipinski definition) is 4. The molecule has 1 atom stereocenters. The molecule has 0 saturated carbocycles. The molecular weight excluding hydrogens is 384 g/mol. The summed E-state index contributed by atoms with van der Waals surface area (Å²) in [7, 11) is -2.58. The average Bonchev–Trinajstić information content (AvgIpc) is 2.40. The number of nitriles is 1. The molecule has 1 N–H and O–H groups in total. The fourth-order valence-corrected chi connectivity index (χ4v) is 3.69. The Balaban J connectivity index is 3.33. The van der Waals surface area contributed by atoms with E-state index in [0.717, 1.165) is 10.4 Å². The topological polar surface area (TPSA) is 98.5 Å². The number of carbonyl (C=O) groups is 1. The predicted molar refractivity (Wildman–Crippen MR) is 80.7 cm³/mol. The van der Waals surface area contributed by atoms with E-state index in [4.69, 9.17) is 22.0 Å². The lowest BCUT2D eigenvalue weighted by Crippen LogP contribution is -2.31. The van der Waals surface area contributed by atoms with Gasteiger partial charge in [-0.3, -0.25) is 0 Å². The van der Waals surface area contributed by atoms with Gasteiger partial charge in [-0.25, -0.2) is 13.2 Å². The molecular formula is C12H12BrClN2O4S. The highest BCUT2D eigenvalue weighted by molar-refractivity contribution is 9.10. The van der Waals surface area contributed by atoms with Crippen LogP contribution in [0.1, 0.15) is 17.3 Å². The van der Waals surface area contributed by atoms with Crippen LogP contribution in [0.5, 0.6) is 0 Å². The summed E-state index contributed by atoms with van der Waals surface area (Å²) in [4.78, 5) is 10.9. The van der Waals surface area contributed by atoms with Crippen molar-refractivity contribution in [2.24, 2.45) is 5.92 Å². The molecule has 1 aromatic carbocycles. The zero-order chi connectivity index (χ0) is 16.4. The van der Waals surface area contributed by atoms with Gasteiger partial charge in [0.05, 0.1) is 27.5 Å². The van der Waals surface area contributed by atoms with Gasteiger partial charge >= 0.3 is 5.97 Å². The fourth-order valence-electron chi connectivity index (χ4n) is 1.57. The third-order valence-electron chi connectivity index (χ3n) is 2.69. The number of benzene rings is 1. The van der Waals surface area contributed by atoms with Gasteiger partial charge in [-0.15, -0.1) is 0 Å². The average molecular weight is 396 g/mol. The zero-order valence-corrected chi connectivity index (χ0v) is 14.3. The van der Waals surface area contributed by atoms with Crippen LogP contribution in [0.25, 0.3) is 0 Å². The van der Waals surface area contributed by atoms with E-state index in [1.807, 2.05) is 6.07 Å². The van der Waals surface area contributed by atoms with E-state index in [1.165, 1.54) is 13.1 Å². The molecule has 1 unspecified atom stereocenters. The van der Waals surface area contributed by atoms with E-state index in [-0.39, 0.29) is 26.5 Å². The second kappa shape index (κ2) is 6.75. The summed E-state index contributed by atoms with van der Waals surface area (Å²) in [6.45, 7) is 1.59. The molecule has 0 amide bonds. The number of nitrogens with zero attached hydrogens (tertiary/aromatic N) is 2. The van der Waals surface area contributed by atoms with Gasteiger partial charge in [-0.05, 0) is 35.0 Å². The zero-order valence-electron chi connectivity index (χ0n) is 11.2. The third kappa shape index (κ3) is 3.95. The number of aromatic carboxylic acids is 1. The van der Waals surface area contributed by atoms with Gasteiger partial charge in [-0.1, -0.05) is 11.6 Å². The second-order valence-corrected chi connectivity index (χ2v) is 7.66. The summed E-state index contributed by atoms with van der Waals surface area (Å²) in [5.74, 6) is -1.81. The van der Waals surface area contributed by atoms with Gasteiger partial charge in [0.2, 0.25) is 10.0 Å². The Kier molecular flexibility index (Phi) is 5.75. The number of rotatable bonds is 5. The first-order valence-corrected chi connectivity index (χ1v) is 8.30. The van der Waals surface area contributed by atoms with Crippen LogP contribution >= 0.6 is 27.5 Å². The van der Waals surface area contributed by atoms with Crippen molar-refractivity contribution in [1.29, 1.82) is 5.26 Å². The number of carboxylic acid groups (broad SMARTS) is 1. The quantitative estimate of drug-likeness (QED) is 0.826. The van der Waals surface area contributed by atoms with Crippen molar-refractivity contribution in [3.63, 3.8) is 0 Å². The number of hydrogen-bond donors (Lipinski definition) is 1. The summed E-state index contributed by atoms with van der Waals surface area (Å²) >= 11 is 8.86. The number of carboxylic acids is 1. The van der Waals surface area contributed by atoms with Crippen LogP contribution in [-0.2, 0) is 10.0 Å². The molecule has 0 aliphatic carbocycles. The Labute approximate surface area is 136 Å². The molecule has 1 aromatic rings. The molecule has 0 spiro atoms. The van der Waals surface area contributed by atoms with Gasteiger partial charge in [0, 0.05) is 18.1 Å². The Hall–Kier alpha value is -1.14. The lowest BCUT2D eigenvalue weighted by Gasteiger charge is -2.19. The molecule has 9 heteroatoms. The minimum absolute atomic E-state index is 0.00147. The van der Waals surface area contributed by atoms with Crippen LogP contribution in [0.3, 0.4) is 0 Å². The van der Waals surface area contributed by atoms with E-state index in [2.05, 4.69) is 15.9 Å². The van der Waals surface area contributed by atoms with Crippen molar-refractivity contribution in [3.8, 4) is 6.07 Å². The van der Waals surface area contributed by atoms with Gasteiger partial charge in [-0.2, -0.15) is 9.57 Å². The largest absolute Gasteiger partial charge is 0.478 e. The summed E-state index contributed by atoms with van der Waals surface area (Å²) < 4.78 is 25.9. The molecule has 0 aliphatic heterocycles. The van der Waals surface area contributed by atoms with Crippen molar-refractivity contribution in [1.82, 2.24) is 4.31 Å². The molecule has 1 rings (SSSR count). The minimum atomic E-state index is -3.91. The van der Waals surface area contributed by atoms with E-state index in [1.54, 1.807) is 6.92 Å². The SMILES string of the molecule is CC(C#N)CN(C)S(=O)(=O)c1cc(Br)c(Cl)c(C(=O)O)c1. The van der Waals surface area contributed by atoms with Gasteiger partial charge in [0.25, 0.3) is 0 Å². The van der Waals surface area contributed by atoms with Gasteiger partial charge in [0.1, 0.15) is 0 Å². The Bertz CT molecular complexity index is 715. The summed E-state index contributed by atoms with van der Waals surface area (Å²) in [6.07, 6.45) is 0. The van der Waals surface area contributed by atoms with Crippen LogP contribution in [0.4, 0.5) is 0 Å². The van der Waals surface area contributed by atoms with Gasteiger partial charge in [0.15, 0.2) is 0 Å². The highest BCUT2D eigenvalue weighted by Gasteiger charge is 2.25. The standard InChI is InChI=1S/C12H12BrClN2O4S/c1-7(5-15)6-16(2)21(19,20)8-3-9(12(17)18)11(14)10(13)4-8/h3-4,7H,6H2,1-2H3,(H,17,18). The van der Waals surface area contributed by atoms with Crippen molar-refractivity contribution in [3.05, 3.63) is 27.2 Å². The van der Waals surface area contributed by atoms with Crippen LogP contribution in [0.2, 0.25) is 5.02 Å². The van der Waals surface area contributed by atoms with E-state index in [9.17, 15) is 13.2 Å². The lowest BCUT2D eigenvalue weighted by molar-refractivity contribution is 0.0696. The van der Waals surface area contributed by atoms with Gasteiger partial charge < -0.3 is 5.11 Å². The van der Waals surface area contributed by atoms with E-state index >= 15 is 0 Å². The lowest BCUT2D eigenvalue weighted by atomic mass is 10.2. The molecule has 0 radical (unpaired) electrons. The first-order valence-electron chi connectivity index (χ1n) is 5.69. The Morgan fingerprint density at radius 1 is 1.57 bits per heavy atom. The minimum Gasteiger partial charge on any atom is -0.478 e. The van der Waals surface area contributed by atoms with Crippen LogP contribution < -0.4 is 0 Å². The molecule has 6 nitrogen and oxygen atoms in total. The van der Waals surface area contributed by atoms with Crippen LogP contribution in [-0.4, -0.2) is 37.4 Å². The smallest absolute Gasteiger partial charge is 0.337 e. The Morgan fingerprint density at radius 2 is 2.14 bits per heavy atom. The maximum absolute atomic E-state index is 12.4. The summed E-state index contributed by atoms with van der Waals surface area (Å²) in [5.41, 5.74) is -0.314. The highest BCUT2D eigenvalue weighted by atomic mass is 79.9.